The highest BCUT2D eigenvalue weighted by atomic mass is 16.5. The number of hydrogen-bond acceptors (Lipinski definition) is 5. The van der Waals surface area contributed by atoms with Crippen molar-refractivity contribution in [2.75, 3.05) is 6.61 Å². The van der Waals surface area contributed by atoms with E-state index in [4.69, 9.17) is 11.5 Å². The number of benzene rings is 1. The van der Waals surface area contributed by atoms with Crippen LogP contribution in [0.2, 0.25) is 0 Å². The Kier molecular flexibility index (Phi) is 3.26. The fourth-order valence-electron chi connectivity index (χ4n) is 1.15. The Labute approximate surface area is 86.2 Å². The Morgan fingerprint density at radius 1 is 1.27 bits per heavy atom. The standard InChI is InChI=1S/C10H10O5/c1-2-15-10-7(12)5-6(3-4-11)8(13)9(10)14/h1,5,11-14H,3-4H2. The van der Waals surface area contributed by atoms with Gasteiger partial charge in [-0.05, 0) is 12.5 Å². The summed E-state index contributed by atoms with van der Waals surface area (Å²) in [6.45, 7) is -0.220. The predicted molar refractivity (Wildman–Crippen MR) is 51.7 cm³/mol. The highest BCUT2D eigenvalue weighted by molar-refractivity contribution is 5.61. The van der Waals surface area contributed by atoms with Crippen molar-refractivity contribution in [3.05, 3.63) is 11.6 Å². The first-order chi connectivity index (χ1) is 7.11. The molecule has 0 radical (unpaired) electrons. The van der Waals surface area contributed by atoms with Crippen LogP contribution in [0, 0.1) is 12.5 Å². The molecule has 1 rings (SSSR count). The molecule has 1 aromatic rings. The first-order valence-corrected chi connectivity index (χ1v) is 4.11. The maximum Gasteiger partial charge on any atom is 0.227 e. The molecule has 0 aliphatic rings. The Morgan fingerprint density at radius 2 is 1.93 bits per heavy atom. The third-order valence-electron chi connectivity index (χ3n) is 1.83. The summed E-state index contributed by atoms with van der Waals surface area (Å²) in [5.74, 6) is -1.88. The van der Waals surface area contributed by atoms with E-state index in [1.165, 1.54) is 0 Å². The minimum atomic E-state index is -0.642. The normalized spacial score (nSPS) is 9.60. The topological polar surface area (TPSA) is 90.2 Å². The molecular weight excluding hydrogens is 200 g/mol. The lowest BCUT2D eigenvalue weighted by atomic mass is 10.1. The lowest BCUT2D eigenvalue weighted by molar-refractivity contribution is 0.295. The van der Waals surface area contributed by atoms with E-state index < -0.39 is 17.2 Å². The number of ether oxygens (including phenoxy) is 1. The van der Waals surface area contributed by atoms with Crippen molar-refractivity contribution in [2.24, 2.45) is 0 Å². The van der Waals surface area contributed by atoms with Gasteiger partial charge in [0.2, 0.25) is 11.5 Å². The van der Waals surface area contributed by atoms with Crippen LogP contribution in [0.1, 0.15) is 5.56 Å². The molecule has 80 valence electrons. The Hall–Kier alpha value is -2.06. The molecular formula is C10H10O5. The molecule has 0 aromatic heterocycles. The van der Waals surface area contributed by atoms with Crippen LogP contribution < -0.4 is 4.74 Å². The molecule has 0 spiro atoms. The molecule has 0 bridgehead atoms. The SMILES string of the molecule is C#COc1c(O)cc(CCO)c(O)c1O. The maximum atomic E-state index is 9.44. The van der Waals surface area contributed by atoms with Crippen LogP contribution in [0.4, 0.5) is 0 Å². The molecule has 1 aromatic carbocycles. The minimum Gasteiger partial charge on any atom is -0.504 e. The van der Waals surface area contributed by atoms with Crippen LogP contribution in [0.3, 0.4) is 0 Å². The number of aliphatic hydroxyl groups excluding tert-OH is 1. The summed E-state index contributed by atoms with van der Waals surface area (Å²) < 4.78 is 4.49. The highest BCUT2D eigenvalue weighted by Crippen LogP contribution is 2.44. The zero-order chi connectivity index (χ0) is 11.4. The van der Waals surface area contributed by atoms with Crippen LogP contribution in [-0.4, -0.2) is 27.0 Å². The fourth-order valence-corrected chi connectivity index (χ4v) is 1.15. The van der Waals surface area contributed by atoms with E-state index >= 15 is 0 Å². The van der Waals surface area contributed by atoms with E-state index in [2.05, 4.69) is 4.74 Å². The van der Waals surface area contributed by atoms with Crippen LogP contribution in [0.15, 0.2) is 6.07 Å². The zero-order valence-electron chi connectivity index (χ0n) is 7.77. The van der Waals surface area contributed by atoms with Crippen LogP contribution >= 0.6 is 0 Å². The molecule has 0 fully saturated rings. The molecule has 15 heavy (non-hydrogen) atoms. The first-order valence-electron chi connectivity index (χ1n) is 4.11. The van der Waals surface area contributed by atoms with Gasteiger partial charge in [0.25, 0.3) is 0 Å². The molecule has 4 N–H and O–H groups in total. The van der Waals surface area contributed by atoms with Crippen molar-refractivity contribution >= 4 is 0 Å². The van der Waals surface area contributed by atoms with Gasteiger partial charge in [0.15, 0.2) is 11.5 Å². The quantitative estimate of drug-likeness (QED) is 0.327. The van der Waals surface area contributed by atoms with Crippen molar-refractivity contribution in [1.29, 1.82) is 0 Å². The smallest absolute Gasteiger partial charge is 0.227 e. The van der Waals surface area contributed by atoms with Gasteiger partial charge in [-0.15, -0.1) is 0 Å². The summed E-state index contributed by atoms with van der Waals surface area (Å²) in [5.41, 5.74) is 0.205. The van der Waals surface area contributed by atoms with Crippen LogP contribution in [0.25, 0.3) is 0 Å². The van der Waals surface area contributed by atoms with Crippen molar-refractivity contribution in [2.45, 2.75) is 6.42 Å². The third kappa shape index (κ3) is 2.06. The molecule has 0 unspecified atom stereocenters. The van der Waals surface area contributed by atoms with Gasteiger partial charge in [-0.1, -0.05) is 6.42 Å². The maximum absolute atomic E-state index is 9.44. The molecule has 5 heteroatoms. The van der Waals surface area contributed by atoms with Gasteiger partial charge in [-0.2, -0.15) is 0 Å². The average Bonchev–Trinajstić information content (AvgIpc) is 2.21. The Balaban J connectivity index is 3.25. The monoisotopic (exact) mass is 210 g/mol. The molecule has 0 saturated heterocycles. The van der Waals surface area contributed by atoms with Crippen molar-refractivity contribution < 1.29 is 25.2 Å². The highest BCUT2D eigenvalue weighted by Gasteiger charge is 2.17. The Bertz CT molecular complexity index is 405. The first kappa shape index (κ1) is 11.0. The minimum absolute atomic E-state index is 0.100. The largest absolute Gasteiger partial charge is 0.504 e. The van der Waals surface area contributed by atoms with Gasteiger partial charge in [0.1, 0.15) is 6.11 Å². The van der Waals surface area contributed by atoms with Crippen LogP contribution in [0.5, 0.6) is 23.0 Å². The number of phenolic OH excluding ortho intramolecular Hbond substituents is 3. The van der Waals surface area contributed by atoms with E-state index in [9.17, 15) is 15.3 Å². The second-order valence-electron chi connectivity index (χ2n) is 2.77. The van der Waals surface area contributed by atoms with Crippen LogP contribution in [-0.2, 0) is 6.42 Å². The lowest BCUT2D eigenvalue weighted by Crippen LogP contribution is -1.93. The second-order valence-corrected chi connectivity index (χ2v) is 2.77. The summed E-state index contributed by atoms with van der Waals surface area (Å²) in [6, 6.07) is 1.16. The van der Waals surface area contributed by atoms with Crippen molar-refractivity contribution in [1.82, 2.24) is 0 Å². The van der Waals surface area contributed by atoms with Gasteiger partial charge in [-0.25, -0.2) is 0 Å². The van der Waals surface area contributed by atoms with E-state index in [1.807, 2.05) is 0 Å². The third-order valence-corrected chi connectivity index (χ3v) is 1.83. The zero-order valence-corrected chi connectivity index (χ0v) is 7.77. The summed E-state index contributed by atoms with van der Waals surface area (Å²) >= 11 is 0. The summed E-state index contributed by atoms with van der Waals surface area (Å²) in [4.78, 5) is 0. The number of rotatable bonds is 3. The summed E-state index contributed by atoms with van der Waals surface area (Å²) in [5, 5.41) is 36.9. The van der Waals surface area contributed by atoms with E-state index in [0.717, 1.165) is 6.07 Å². The van der Waals surface area contributed by atoms with E-state index in [1.54, 1.807) is 6.11 Å². The van der Waals surface area contributed by atoms with Gasteiger partial charge >= 0.3 is 0 Å². The summed E-state index contributed by atoms with van der Waals surface area (Å²) in [7, 11) is 0. The lowest BCUT2D eigenvalue weighted by Gasteiger charge is -2.09. The number of terminal acetylenes is 1. The van der Waals surface area contributed by atoms with Crippen molar-refractivity contribution in [3.8, 4) is 35.5 Å². The number of aliphatic hydroxyl groups is 1. The number of aromatic hydroxyl groups is 3. The second kappa shape index (κ2) is 4.44. The summed E-state index contributed by atoms with van der Waals surface area (Å²) in [6.07, 6.45) is 6.69. The molecule has 0 aliphatic carbocycles. The molecule has 0 amide bonds. The number of phenols is 3. The van der Waals surface area contributed by atoms with Gasteiger partial charge in [0.05, 0.1) is 0 Å². The van der Waals surface area contributed by atoms with Gasteiger partial charge < -0.3 is 25.2 Å². The molecule has 0 saturated carbocycles. The molecule has 0 atom stereocenters. The van der Waals surface area contributed by atoms with E-state index in [-0.39, 0.29) is 24.3 Å². The predicted octanol–water partition coefficient (Wildman–Crippen LogP) is 0.308. The van der Waals surface area contributed by atoms with Gasteiger partial charge in [0, 0.05) is 12.2 Å². The number of hydrogen-bond donors (Lipinski definition) is 4. The molecule has 0 heterocycles. The molecule has 5 nitrogen and oxygen atoms in total. The van der Waals surface area contributed by atoms with E-state index in [0.29, 0.717) is 0 Å². The average molecular weight is 210 g/mol. The van der Waals surface area contributed by atoms with Crippen molar-refractivity contribution in [3.63, 3.8) is 0 Å². The fraction of sp³-hybridized carbons (Fsp3) is 0.200. The molecule has 0 aliphatic heterocycles. The van der Waals surface area contributed by atoms with Gasteiger partial charge in [-0.3, -0.25) is 0 Å². The Morgan fingerprint density at radius 3 is 2.47 bits per heavy atom.